The van der Waals surface area contributed by atoms with Gasteiger partial charge in [-0.1, -0.05) is 25.5 Å². The number of aliphatic hydroxyl groups is 1. The molecule has 6 heteroatoms. The van der Waals surface area contributed by atoms with Crippen molar-refractivity contribution in [1.29, 1.82) is 0 Å². The van der Waals surface area contributed by atoms with Crippen LogP contribution >= 0.6 is 0 Å². The maximum absolute atomic E-state index is 12.1. The molecule has 108 valence electrons. The van der Waals surface area contributed by atoms with Crippen LogP contribution in [0.15, 0.2) is 41.4 Å². The van der Waals surface area contributed by atoms with Crippen LogP contribution in [0.3, 0.4) is 0 Å². The highest BCUT2D eigenvalue weighted by Crippen LogP contribution is 2.18. The number of hydrogen-bond donors (Lipinski definition) is 3. The highest BCUT2D eigenvalue weighted by atomic mass is 32.2. The first kappa shape index (κ1) is 14.6. The molecule has 1 heterocycles. The van der Waals surface area contributed by atoms with Crippen LogP contribution in [0.25, 0.3) is 0 Å². The molecule has 1 aromatic carbocycles. The van der Waals surface area contributed by atoms with Gasteiger partial charge >= 0.3 is 0 Å². The van der Waals surface area contributed by atoms with E-state index in [4.69, 9.17) is 5.11 Å². The molecule has 3 N–H and O–H groups in total. The lowest BCUT2D eigenvalue weighted by Gasteiger charge is -2.07. The lowest BCUT2D eigenvalue weighted by molar-refractivity contribution is 0.277. The van der Waals surface area contributed by atoms with E-state index in [2.05, 4.69) is 16.6 Å². The molecule has 0 fully saturated rings. The van der Waals surface area contributed by atoms with Crippen molar-refractivity contribution in [1.82, 2.24) is 4.98 Å². The standard InChI is InChI=1S/C14H18N2O3S/c1-2-3-11-4-6-12(7-5-11)16-20(18,19)14-8-13(10-17)15-9-14/h4-9,15-17H,2-3,10H2,1H3. The predicted molar refractivity (Wildman–Crippen MR) is 78.0 cm³/mol. The summed E-state index contributed by atoms with van der Waals surface area (Å²) in [4.78, 5) is 2.81. The van der Waals surface area contributed by atoms with Crippen molar-refractivity contribution in [2.45, 2.75) is 31.3 Å². The van der Waals surface area contributed by atoms with E-state index < -0.39 is 10.0 Å². The number of aromatic nitrogens is 1. The average Bonchev–Trinajstić information content (AvgIpc) is 2.91. The molecule has 1 aromatic heterocycles. The van der Waals surface area contributed by atoms with E-state index in [1.807, 2.05) is 12.1 Å². The summed E-state index contributed by atoms with van der Waals surface area (Å²) in [6, 6.07) is 8.74. The minimum atomic E-state index is -3.62. The van der Waals surface area contributed by atoms with Gasteiger partial charge in [0.15, 0.2) is 0 Å². The number of anilines is 1. The van der Waals surface area contributed by atoms with Gasteiger partial charge in [-0.05, 0) is 30.2 Å². The van der Waals surface area contributed by atoms with Gasteiger partial charge in [-0.15, -0.1) is 0 Å². The summed E-state index contributed by atoms with van der Waals surface area (Å²) in [6.45, 7) is 1.88. The quantitative estimate of drug-likeness (QED) is 0.764. The largest absolute Gasteiger partial charge is 0.390 e. The molecule has 0 spiro atoms. The van der Waals surface area contributed by atoms with Gasteiger partial charge in [-0.2, -0.15) is 0 Å². The van der Waals surface area contributed by atoms with Crippen molar-refractivity contribution in [3.05, 3.63) is 47.8 Å². The van der Waals surface area contributed by atoms with Gasteiger partial charge in [-0.3, -0.25) is 4.72 Å². The van der Waals surface area contributed by atoms with Crippen molar-refractivity contribution in [2.75, 3.05) is 4.72 Å². The number of sulfonamides is 1. The summed E-state index contributed by atoms with van der Waals surface area (Å²) in [5.41, 5.74) is 2.17. The number of aromatic amines is 1. The van der Waals surface area contributed by atoms with Crippen LogP contribution in [-0.4, -0.2) is 18.5 Å². The van der Waals surface area contributed by atoms with Crippen LogP contribution in [0, 0.1) is 0 Å². The van der Waals surface area contributed by atoms with Gasteiger partial charge in [0.05, 0.1) is 6.61 Å². The Labute approximate surface area is 118 Å². The van der Waals surface area contributed by atoms with Crippen LogP contribution in [0.4, 0.5) is 5.69 Å². The maximum Gasteiger partial charge on any atom is 0.263 e. The van der Waals surface area contributed by atoms with Crippen molar-refractivity contribution in [3.8, 4) is 0 Å². The highest BCUT2D eigenvalue weighted by Gasteiger charge is 2.15. The van der Waals surface area contributed by atoms with Crippen LogP contribution in [0.5, 0.6) is 0 Å². The third-order valence-corrected chi connectivity index (χ3v) is 4.30. The van der Waals surface area contributed by atoms with Crippen LogP contribution in [0.1, 0.15) is 24.6 Å². The molecule has 0 saturated heterocycles. The third-order valence-electron chi connectivity index (χ3n) is 2.94. The molecule has 0 aliphatic carbocycles. The van der Waals surface area contributed by atoms with Crippen LogP contribution < -0.4 is 4.72 Å². The molecular formula is C14H18N2O3S. The zero-order chi connectivity index (χ0) is 14.6. The summed E-state index contributed by atoms with van der Waals surface area (Å²) < 4.78 is 26.8. The molecule has 0 unspecified atom stereocenters. The fourth-order valence-electron chi connectivity index (χ4n) is 1.91. The second kappa shape index (κ2) is 6.11. The van der Waals surface area contributed by atoms with E-state index >= 15 is 0 Å². The van der Waals surface area contributed by atoms with Gasteiger partial charge in [-0.25, -0.2) is 8.42 Å². The monoisotopic (exact) mass is 294 g/mol. The summed E-state index contributed by atoms with van der Waals surface area (Å²) >= 11 is 0. The smallest absolute Gasteiger partial charge is 0.263 e. The summed E-state index contributed by atoms with van der Waals surface area (Å²) in [6.07, 6.45) is 3.39. The van der Waals surface area contributed by atoms with Crippen LogP contribution in [-0.2, 0) is 23.1 Å². The average molecular weight is 294 g/mol. The van der Waals surface area contributed by atoms with Crippen molar-refractivity contribution in [2.24, 2.45) is 0 Å². The van der Waals surface area contributed by atoms with E-state index in [9.17, 15) is 8.42 Å². The number of aliphatic hydroxyl groups excluding tert-OH is 1. The number of rotatable bonds is 6. The first-order valence-corrected chi connectivity index (χ1v) is 7.93. The number of aryl methyl sites for hydroxylation is 1. The molecule has 0 aliphatic heterocycles. The van der Waals surface area contributed by atoms with E-state index in [1.54, 1.807) is 12.1 Å². The Hall–Kier alpha value is -1.79. The molecule has 0 radical (unpaired) electrons. The molecule has 0 aliphatic rings. The highest BCUT2D eigenvalue weighted by molar-refractivity contribution is 7.92. The minimum Gasteiger partial charge on any atom is -0.390 e. The number of benzene rings is 1. The molecule has 5 nitrogen and oxygen atoms in total. The SMILES string of the molecule is CCCc1ccc(NS(=O)(=O)c2c[nH]c(CO)c2)cc1. The Morgan fingerprint density at radius 2 is 1.95 bits per heavy atom. The molecular weight excluding hydrogens is 276 g/mol. The van der Waals surface area contributed by atoms with E-state index in [0.29, 0.717) is 11.4 Å². The molecule has 0 bridgehead atoms. The van der Waals surface area contributed by atoms with Gasteiger partial charge in [0.2, 0.25) is 0 Å². The fourth-order valence-corrected chi connectivity index (χ4v) is 2.98. The molecule has 2 rings (SSSR count). The Morgan fingerprint density at radius 3 is 2.50 bits per heavy atom. The molecule has 0 amide bonds. The number of H-pyrrole nitrogens is 1. The van der Waals surface area contributed by atoms with Gasteiger partial charge in [0.1, 0.15) is 4.90 Å². The second-order valence-electron chi connectivity index (χ2n) is 4.57. The number of nitrogens with one attached hydrogen (secondary N) is 2. The van der Waals surface area contributed by atoms with E-state index in [1.165, 1.54) is 17.8 Å². The van der Waals surface area contributed by atoms with Crippen LogP contribution in [0.2, 0.25) is 0 Å². The first-order valence-electron chi connectivity index (χ1n) is 6.45. The summed E-state index contributed by atoms with van der Waals surface area (Å²) in [5.74, 6) is 0. The molecule has 20 heavy (non-hydrogen) atoms. The van der Waals surface area contributed by atoms with E-state index in [-0.39, 0.29) is 11.5 Å². The van der Waals surface area contributed by atoms with E-state index in [0.717, 1.165) is 12.8 Å². The van der Waals surface area contributed by atoms with Gasteiger partial charge < -0.3 is 10.1 Å². The Kier molecular flexibility index (Phi) is 4.46. The minimum absolute atomic E-state index is 0.110. The maximum atomic E-state index is 12.1. The van der Waals surface area contributed by atoms with Gasteiger partial charge in [0, 0.05) is 17.6 Å². The Morgan fingerprint density at radius 1 is 1.25 bits per heavy atom. The fraction of sp³-hybridized carbons (Fsp3) is 0.286. The third kappa shape index (κ3) is 3.40. The van der Waals surface area contributed by atoms with Crippen molar-refractivity contribution < 1.29 is 13.5 Å². The topological polar surface area (TPSA) is 82.2 Å². The molecule has 0 atom stereocenters. The van der Waals surface area contributed by atoms with Crippen molar-refractivity contribution >= 4 is 15.7 Å². The number of hydrogen-bond acceptors (Lipinski definition) is 3. The normalized spacial score (nSPS) is 11.5. The van der Waals surface area contributed by atoms with Crippen molar-refractivity contribution in [3.63, 3.8) is 0 Å². The predicted octanol–water partition coefficient (Wildman–Crippen LogP) is 2.26. The second-order valence-corrected chi connectivity index (χ2v) is 6.25. The molecule has 0 saturated carbocycles. The first-order chi connectivity index (χ1) is 9.55. The van der Waals surface area contributed by atoms with Gasteiger partial charge in [0.25, 0.3) is 10.0 Å². The Balaban J connectivity index is 2.15. The zero-order valence-electron chi connectivity index (χ0n) is 11.3. The molecule has 2 aromatic rings. The summed E-state index contributed by atoms with van der Waals surface area (Å²) in [5, 5.41) is 8.94. The lowest BCUT2D eigenvalue weighted by Crippen LogP contribution is -2.12. The lowest BCUT2D eigenvalue weighted by atomic mass is 10.1. The Bertz CT molecular complexity index is 660. The zero-order valence-corrected chi connectivity index (χ0v) is 12.1. The summed E-state index contributed by atoms with van der Waals surface area (Å²) in [7, 11) is -3.62.